The Labute approximate surface area is 125 Å². The van der Waals surface area contributed by atoms with Crippen LogP contribution < -0.4 is 10.6 Å². The van der Waals surface area contributed by atoms with Gasteiger partial charge in [-0.1, -0.05) is 19.1 Å². The van der Waals surface area contributed by atoms with Crippen LogP contribution in [0.3, 0.4) is 0 Å². The Morgan fingerprint density at radius 1 is 1.33 bits per heavy atom. The monoisotopic (exact) mass is 289 g/mol. The minimum Gasteiger partial charge on any atom is -0.355 e. The third-order valence-corrected chi connectivity index (χ3v) is 4.04. The summed E-state index contributed by atoms with van der Waals surface area (Å²) >= 11 is 0. The van der Waals surface area contributed by atoms with Crippen LogP contribution >= 0.6 is 0 Å². The van der Waals surface area contributed by atoms with Crippen molar-refractivity contribution in [3.8, 4) is 0 Å². The van der Waals surface area contributed by atoms with Gasteiger partial charge in [0.15, 0.2) is 0 Å². The molecule has 0 bridgehead atoms. The van der Waals surface area contributed by atoms with Crippen molar-refractivity contribution < 1.29 is 9.59 Å². The van der Waals surface area contributed by atoms with E-state index in [1.807, 2.05) is 19.2 Å². The maximum absolute atomic E-state index is 12.4. The van der Waals surface area contributed by atoms with Gasteiger partial charge in [-0.3, -0.25) is 9.59 Å². The molecule has 1 heterocycles. The van der Waals surface area contributed by atoms with Gasteiger partial charge in [0.1, 0.15) is 0 Å². The van der Waals surface area contributed by atoms with Crippen molar-refractivity contribution in [2.24, 2.45) is 5.92 Å². The highest BCUT2D eigenvalue weighted by atomic mass is 16.2. The second-order valence-corrected chi connectivity index (χ2v) is 5.67. The lowest BCUT2D eigenvalue weighted by Crippen LogP contribution is -2.43. The largest absolute Gasteiger partial charge is 0.355 e. The number of rotatable bonds is 4. The fourth-order valence-corrected chi connectivity index (χ4v) is 2.66. The summed E-state index contributed by atoms with van der Waals surface area (Å²) < 4.78 is 0. The first-order chi connectivity index (χ1) is 10.0. The number of nitrogens with one attached hydrogen (secondary N) is 2. The number of likely N-dealkylation sites (N-methyl/N-ethyl adjacent to an activating group) is 1. The van der Waals surface area contributed by atoms with Crippen LogP contribution in [0.15, 0.2) is 24.3 Å². The van der Waals surface area contributed by atoms with Crippen LogP contribution in [0.4, 0.5) is 0 Å². The van der Waals surface area contributed by atoms with Crippen LogP contribution in [0.1, 0.15) is 29.3 Å². The molecule has 1 saturated heterocycles. The van der Waals surface area contributed by atoms with Gasteiger partial charge in [0.25, 0.3) is 5.91 Å². The Morgan fingerprint density at radius 3 is 2.52 bits per heavy atom. The lowest BCUT2D eigenvalue weighted by atomic mass is 10.0. The van der Waals surface area contributed by atoms with E-state index in [9.17, 15) is 9.59 Å². The molecule has 2 rings (SSSR count). The first-order valence-corrected chi connectivity index (χ1v) is 7.32. The van der Waals surface area contributed by atoms with Crippen molar-refractivity contribution >= 4 is 11.8 Å². The summed E-state index contributed by atoms with van der Waals surface area (Å²) in [6, 6.07) is 7.27. The van der Waals surface area contributed by atoms with Gasteiger partial charge in [-0.2, -0.15) is 0 Å². The van der Waals surface area contributed by atoms with E-state index in [1.54, 1.807) is 24.1 Å². The predicted molar refractivity (Wildman–Crippen MR) is 81.9 cm³/mol. The molecular formula is C16H23N3O2. The van der Waals surface area contributed by atoms with E-state index in [0.29, 0.717) is 18.0 Å². The van der Waals surface area contributed by atoms with Gasteiger partial charge >= 0.3 is 0 Å². The molecule has 1 aromatic carbocycles. The molecule has 114 valence electrons. The summed E-state index contributed by atoms with van der Waals surface area (Å²) in [5, 5.41) is 5.85. The summed E-state index contributed by atoms with van der Waals surface area (Å²) in [4.78, 5) is 25.6. The second-order valence-electron chi connectivity index (χ2n) is 5.67. The topological polar surface area (TPSA) is 61.4 Å². The maximum atomic E-state index is 12.4. The van der Waals surface area contributed by atoms with Crippen LogP contribution in [-0.2, 0) is 11.3 Å². The molecule has 2 N–H and O–H groups in total. The molecule has 1 aliphatic heterocycles. The van der Waals surface area contributed by atoms with Gasteiger partial charge < -0.3 is 15.5 Å². The van der Waals surface area contributed by atoms with E-state index in [0.717, 1.165) is 18.5 Å². The molecule has 21 heavy (non-hydrogen) atoms. The summed E-state index contributed by atoms with van der Waals surface area (Å²) in [5.41, 5.74) is 1.64. The number of carbonyl (C=O) groups is 2. The van der Waals surface area contributed by atoms with Crippen molar-refractivity contribution in [3.63, 3.8) is 0 Å². The smallest absolute Gasteiger partial charge is 0.251 e. The van der Waals surface area contributed by atoms with Crippen molar-refractivity contribution in [2.75, 3.05) is 20.6 Å². The van der Waals surface area contributed by atoms with Crippen LogP contribution in [0.25, 0.3) is 0 Å². The van der Waals surface area contributed by atoms with Gasteiger partial charge in [0, 0.05) is 26.2 Å². The normalized spacial score (nSPS) is 21.1. The SMILES string of the molecule is CNC(=O)c1ccc(CN(C)C(=O)C2NCCC2C)cc1. The zero-order chi connectivity index (χ0) is 15.4. The van der Waals surface area contributed by atoms with E-state index in [4.69, 9.17) is 0 Å². The van der Waals surface area contributed by atoms with Gasteiger partial charge in [-0.05, 0) is 36.6 Å². The number of hydrogen-bond acceptors (Lipinski definition) is 3. The first-order valence-electron chi connectivity index (χ1n) is 7.32. The molecule has 0 aromatic heterocycles. The highest BCUT2D eigenvalue weighted by Gasteiger charge is 2.31. The fourth-order valence-electron chi connectivity index (χ4n) is 2.66. The molecule has 0 spiro atoms. The molecule has 0 aliphatic carbocycles. The molecule has 5 heteroatoms. The minimum absolute atomic E-state index is 0.0693. The van der Waals surface area contributed by atoms with Gasteiger partial charge in [0.05, 0.1) is 6.04 Å². The molecule has 1 aromatic rings. The van der Waals surface area contributed by atoms with Crippen LogP contribution in [0.2, 0.25) is 0 Å². The Hall–Kier alpha value is -1.88. The van der Waals surface area contributed by atoms with Crippen molar-refractivity contribution in [3.05, 3.63) is 35.4 Å². The molecule has 5 nitrogen and oxygen atoms in total. The van der Waals surface area contributed by atoms with E-state index in [-0.39, 0.29) is 17.9 Å². The number of hydrogen-bond donors (Lipinski definition) is 2. The highest BCUT2D eigenvalue weighted by molar-refractivity contribution is 5.93. The van der Waals surface area contributed by atoms with Crippen LogP contribution in [-0.4, -0.2) is 43.4 Å². The number of carbonyl (C=O) groups excluding carboxylic acids is 2. The standard InChI is InChI=1S/C16H23N3O2/c1-11-8-9-18-14(11)16(21)19(3)10-12-4-6-13(7-5-12)15(20)17-2/h4-7,11,14,18H,8-10H2,1-3H3,(H,17,20). The second kappa shape index (κ2) is 6.72. The average molecular weight is 289 g/mol. The lowest BCUT2D eigenvalue weighted by molar-refractivity contribution is -0.133. The Bertz CT molecular complexity index is 513. The summed E-state index contributed by atoms with van der Waals surface area (Å²) in [5.74, 6) is 0.418. The minimum atomic E-state index is -0.102. The molecule has 2 amide bonds. The quantitative estimate of drug-likeness (QED) is 0.869. The summed E-state index contributed by atoms with van der Waals surface area (Å²) in [6.45, 7) is 3.57. The molecule has 1 fully saturated rings. The van der Waals surface area contributed by atoms with Crippen molar-refractivity contribution in [2.45, 2.75) is 25.9 Å². The zero-order valence-electron chi connectivity index (χ0n) is 12.8. The lowest BCUT2D eigenvalue weighted by Gasteiger charge is -2.23. The third kappa shape index (κ3) is 3.61. The van der Waals surface area contributed by atoms with Crippen LogP contribution in [0, 0.1) is 5.92 Å². The van der Waals surface area contributed by atoms with Crippen LogP contribution in [0.5, 0.6) is 0 Å². The maximum Gasteiger partial charge on any atom is 0.251 e. The average Bonchev–Trinajstić information content (AvgIpc) is 2.92. The Balaban J connectivity index is 1.97. The summed E-state index contributed by atoms with van der Waals surface area (Å²) in [7, 11) is 3.43. The molecular weight excluding hydrogens is 266 g/mol. The van der Waals surface area contributed by atoms with Gasteiger partial charge in [-0.15, -0.1) is 0 Å². The Morgan fingerprint density at radius 2 is 2.00 bits per heavy atom. The number of benzene rings is 1. The van der Waals surface area contributed by atoms with E-state index < -0.39 is 0 Å². The predicted octanol–water partition coefficient (Wildman–Crippen LogP) is 1.00. The van der Waals surface area contributed by atoms with Crippen molar-refractivity contribution in [1.29, 1.82) is 0 Å². The van der Waals surface area contributed by atoms with E-state index in [1.165, 1.54) is 0 Å². The van der Waals surface area contributed by atoms with Gasteiger partial charge in [-0.25, -0.2) is 0 Å². The third-order valence-electron chi connectivity index (χ3n) is 4.04. The van der Waals surface area contributed by atoms with Gasteiger partial charge in [0.2, 0.25) is 5.91 Å². The van der Waals surface area contributed by atoms with E-state index >= 15 is 0 Å². The number of nitrogens with zero attached hydrogens (tertiary/aromatic N) is 1. The molecule has 0 saturated carbocycles. The molecule has 0 radical (unpaired) electrons. The highest BCUT2D eigenvalue weighted by Crippen LogP contribution is 2.17. The first kappa shape index (κ1) is 15.5. The number of amides is 2. The Kier molecular flexibility index (Phi) is 4.96. The van der Waals surface area contributed by atoms with Crippen molar-refractivity contribution in [1.82, 2.24) is 15.5 Å². The molecule has 1 aliphatic rings. The summed E-state index contributed by atoms with van der Waals surface area (Å²) in [6.07, 6.45) is 1.05. The zero-order valence-corrected chi connectivity index (χ0v) is 12.8. The van der Waals surface area contributed by atoms with E-state index in [2.05, 4.69) is 17.6 Å². The fraction of sp³-hybridized carbons (Fsp3) is 0.500. The molecule has 2 unspecified atom stereocenters. The molecule has 2 atom stereocenters.